The number of amides is 1. The van der Waals surface area contributed by atoms with Crippen molar-refractivity contribution in [1.82, 2.24) is 4.90 Å². The van der Waals surface area contributed by atoms with Gasteiger partial charge in [0.1, 0.15) is 0 Å². The molecule has 1 amide bonds. The standard InChI is InChI=1S/C33H37N5O/c1-3-20-37-22-17-29(18-23-37)34-26-13-15-28(16-14-26)36-33(39)25-9-11-27(12-10-25)35-31-19-24-38(21-4-2)32-8-6-5-7-30(31)32/h5-19,22,34-35H,3-4,20-21,23-24H2,1-2H3,(H,36,39). The molecule has 200 valence electrons. The van der Waals surface area contributed by atoms with E-state index in [1.807, 2.05) is 48.5 Å². The molecule has 0 bridgehead atoms. The van der Waals surface area contributed by atoms with Gasteiger partial charge in [0.15, 0.2) is 0 Å². The average Bonchev–Trinajstić information content (AvgIpc) is 2.97. The summed E-state index contributed by atoms with van der Waals surface area (Å²) in [6.45, 7) is 8.30. The second-order valence-corrected chi connectivity index (χ2v) is 9.91. The molecule has 0 aromatic heterocycles. The molecule has 0 atom stereocenters. The summed E-state index contributed by atoms with van der Waals surface area (Å²) < 4.78 is 0. The van der Waals surface area contributed by atoms with Crippen LogP contribution in [0.3, 0.4) is 0 Å². The lowest BCUT2D eigenvalue weighted by Crippen LogP contribution is -2.28. The molecule has 0 aliphatic carbocycles. The van der Waals surface area contributed by atoms with E-state index < -0.39 is 0 Å². The van der Waals surface area contributed by atoms with Crippen LogP contribution in [0, 0.1) is 0 Å². The van der Waals surface area contributed by atoms with Gasteiger partial charge in [0, 0.05) is 77.6 Å². The maximum absolute atomic E-state index is 12.9. The molecule has 6 nitrogen and oxygen atoms in total. The molecule has 6 heteroatoms. The fourth-order valence-electron chi connectivity index (χ4n) is 4.93. The quantitative estimate of drug-likeness (QED) is 0.265. The molecule has 0 unspecified atom stereocenters. The number of rotatable bonds is 10. The minimum atomic E-state index is -0.131. The molecule has 39 heavy (non-hydrogen) atoms. The van der Waals surface area contributed by atoms with E-state index in [4.69, 9.17) is 0 Å². The highest BCUT2D eigenvalue weighted by atomic mass is 16.1. The second kappa shape index (κ2) is 12.4. The first kappa shape index (κ1) is 26.2. The van der Waals surface area contributed by atoms with E-state index in [1.165, 1.54) is 11.3 Å². The van der Waals surface area contributed by atoms with Gasteiger partial charge in [0.05, 0.1) is 0 Å². The molecule has 0 spiro atoms. The van der Waals surface area contributed by atoms with Crippen molar-refractivity contribution in [1.29, 1.82) is 0 Å². The Morgan fingerprint density at radius 1 is 0.769 bits per heavy atom. The lowest BCUT2D eigenvalue weighted by atomic mass is 10.0. The highest BCUT2D eigenvalue weighted by Crippen LogP contribution is 2.32. The normalized spacial score (nSPS) is 14.3. The first-order chi connectivity index (χ1) is 19.1. The third-order valence-electron chi connectivity index (χ3n) is 6.92. The van der Waals surface area contributed by atoms with Gasteiger partial charge in [-0.1, -0.05) is 32.0 Å². The molecular weight excluding hydrogens is 482 g/mol. The SMILES string of the molecule is CCCN1C=CC(Nc2ccc(NC(=O)c3ccc(NC4=CCN(CCC)c5ccccc54)cc3)cc2)=CC1. The molecule has 5 rings (SSSR count). The van der Waals surface area contributed by atoms with Crippen molar-refractivity contribution in [3.8, 4) is 0 Å². The van der Waals surface area contributed by atoms with Crippen LogP contribution in [0.5, 0.6) is 0 Å². The Morgan fingerprint density at radius 3 is 2.18 bits per heavy atom. The number of para-hydroxylation sites is 1. The Labute approximate surface area is 231 Å². The van der Waals surface area contributed by atoms with Crippen LogP contribution >= 0.6 is 0 Å². The molecule has 0 fully saturated rings. The van der Waals surface area contributed by atoms with E-state index in [1.54, 1.807) is 0 Å². The van der Waals surface area contributed by atoms with Crippen molar-refractivity contribution in [2.24, 2.45) is 0 Å². The molecule has 0 saturated carbocycles. The van der Waals surface area contributed by atoms with Crippen LogP contribution in [0.4, 0.5) is 22.7 Å². The minimum Gasteiger partial charge on any atom is -0.374 e. The maximum Gasteiger partial charge on any atom is 0.255 e. The Morgan fingerprint density at radius 2 is 1.46 bits per heavy atom. The van der Waals surface area contributed by atoms with Gasteiger partial charge in [0.2, 0.25) is 0 Å². The van der Waals surface area contributed by atoms with Crippen molar-refractivity contribution in [3.63, 3.8) is 0 Å². The number of nitrogens with one attached hydrogen (secondary N) is 3. The largest absolute Gasteiger partial charge is 0.374 e. The number of hydrogen-bond acceptors (Lipinski definition) is 5. The Bertz CT molecular complexity index is 1370. The van der Waals surface area contributed by atoms with Crippen molar-refractivity contribution >= 4 is 34.4 Å². The summed E-state index contributed by atoms with van der Waals surface area (Å²) in [4.78, 5) is 17.6. The van der Waals surface area contributed by atoms with Gasteiger partial charge in [-0.05, 0) is 85.7 Å². The van der Waals surface area contributed by atoms with E-state index in [0.29, 0.717) is 5.56 Å². The number of fused-ring (bicyclic) bond motifs is 1. The molecule has 2 aliphatic rings. The zero-order chi connectivity index (χ0) is 27.0. The summed E-state index contributed by atoms with van der Waals surface area (Å²) in [5.74, 6) is -0.131. The van der Waals surface area contributed by atoms with Gasteiger partial charge in [-0.25, -0.2) is 0 Å². The van der Waals surface area contributed by atoms with Crippen molar-refractivity contribution in [3.05, 3.63) is 114 Å². The topological polar surface area (TPSA) is 59.6 Å². The number of carbonyl (C=O) groups excluding carboxylic acids is 1. The highest BCUT2D eigenvalue weighted by Gasteiger charge is 2.18. The van der Waals surface area contributed by atoms with Crippen LogP contribution in [0.2, 0.25) is 0 Å². The molecule has 2 aliphatic heterocycles. The first-order valence-electron chi connectivity index (χ1n) is 13.9. The predicted octanol–water partition coefficient (Wildman–Crippen LogP) is 7.16. The molecule has 3 aromatic rings. The van der Waals surface area contributed by atoms with E-state index in [2.05, 4.69) is 88.3 Å². The number of carbonyl (C=O) groups is 1. The summed E-state index contributed by atoms with van der Waals surface area (Å²) in [6.07, 6.45) is 10.9. The van der Waals surface area contributed by atoms with Gasteiger partial charge >= 0.3 is 0 Å². The number of allylic oxidation sites excluding steroid dienone is 1. The molecule has 0 saturated heterocycles. The lowest BCUT2D eigenvalue weighted by molar-refractivity contribution is 0.102. The van der Waals surface area contributed by atoms with E-state index in [9.17, 15) is 4.79 Å². The Balaban J connectivity index is 1.16. The van der Waals surface area contributed by atoms with Gasteiger partial charge in [-0.2, -0.15) is 0 Å². The third-order valence-corrected chi connectivity index (χ3v) is 6.92. The first-order valence-corrected chi connectivity index (χ1v) is 13.9. The molecule has 0 radical (unpaired) electrons. The van der Waals surface area contributed by atoms with Crippen LogP contribution in [0.25, 0.3) is 5.70 Å². The van der Waals surface area contributed by atoms with Gasteiger partial charge < -0.3 is 25.8 Å². The summed E-state index contributed by atoms with van der Waals surface area (Å²) >= 11 is 0. The Hall–Kier alpha value is -4.45. The summed E-state index contributed by atoms with van der Waals surface area (Å²) in [5.41, 5.74) is 7.95. The minimum absolute atomic E-state index is 0.131. The van der Waals surface area contributed by atoms with Crippen LogP contribution in [-0.4, -0.2) is 37.0 Å². The van der Waals surface area contributed by atoms with E-state index in [-0.39, 0.29) is 5.91 Å². The van der Waals surface area contributed by atoms with E-state index in [0.717, 1.165) is 67.5 Å². The monoisotopic (exact) mass is 519 g/mol. The summed E-state index contributed by atoms with van der Waals surface area (Å²) in [6, 6.07) is 23.9. The zero-order valence-corrected chi connectivity index (χ0v) is 22.8. The summed E-state index contributed by atoms with van der Waals surface area (Å²) in [7, 11) is 0. The fourth-order valence-corrected chi connectivity index (χ4v) is 4.93. The van der Waals surface area contributed by atoms with Crippen LogP contribution < -0.4 is 20.9 Å². The van der Waals surface area contributed by atoms with Crippen LogP contribution in [-0.2, 0) is 0 Å². The van der Waals surface area contributed by atoms with Crippen molar-refractivity contribution in [2.75, 3.05) is 47.0 Å². The second-order valence-electron chi connectivity index (χ2n) is 9.91. The lowest BCUT2D eigenvalue weighted by Gasteiger charge is -2.31. The molecular formula is C33H37N5O. The average molecular weight is 520 g/mol. The van der Waals surface area contributed by atoms with Crippen molar-refractivity contribution < 1.29 is 4.79 Å². The molecule has 3 N–H and O–H groups in total. The van der Waals surface area contributed by atoms with Gasteiger partial charge in [0.25, 0.3) is 5.91 Å². The maximum atomic E-state index is 12.9. The number of anilines is 4. The predicted molar refractivity (Wildman–Crippen MR) is 164 cm³/mol. The van der Waals surface area contributed by atoms with Gasteiger partial charge in [-0.15, -0.1) is 0 Å². The number of hydrogen-bond donors (Lipinski definition) is 3. The van der Waals surface area contributed by atoms with Gasteiger partial charge in [-0.3, -0.25) is 4.79 Å². The Kier molecular flexibility index (Phi) is 8.32. The van der Waals surface area contributed by atoms with E-state index >= 15 is 0 Å². The van der Waals surface area contributed by atoms with Crippen LogP contribution in [0.15, 0.2) is 103 Å². The highest BCUT2D eigenvalue weighted by molar-refractivity contribution is 6.04. The zero-order valence-electron chi connectivity index (χ0n) is 22.8. The number of benzene rings is 3. The number of nitrogens with zero attached hydrogens (tertiary/aromatic N) is 2. The van der Waals surface area contributed by atoms with Crippen LogP contribution in [0.1, 0.15) is 42.6 Å². The third kappa shape index (κ3) is 6.52. The molecule has 3 aromatic carbocycles. The molecule has 2 heterocycles. The smallest absolute Gasteiger partial charge is 0.255 e. The van der Waals surface area contributed by atoms with Crippen molar-refractivity contribution in [2.45, 2.75) is 26.7 Å². The fraction of sp³-hybridized carbons (Fsp3) is 0.242. The summed E-state index contributed by atoms with van der Waals surface area (Å²) in [5, 5.41) is 9.98.